The topological polar surface area (TPSA) is 273 Å². The molecule has 3 aromatic rings. The van der Waals surface area contributed by atoms with Crippen molar-refractivity contribution in [3.05, 3.63) is 75.0 Å². The molecule has 0 saturated carbocycles. The third kappa shape index (κ3) is 6.13. The van der Waals surface area contributed by atoms with Crippen LogP contribution in [0.3, 0.4) is 0 Å². The van der Waals surface area contributed by atoms with Crippen molar-refractivity contribution < 1.29 is 54.4 Å². The SMILES string of the molecule is CN=C(N)NC1CCCc2cc3c(c(O)c21)C(=O)c1c(OC2OC(CO)C(O)(CCc4ccnc(N)c4)C(O)C2O)cc(OC)c(CO)c1C3=O. The molecule has 0 bridgehead atoms. The van der Waals surface area contributed by atoms with Gasteiger partial charge in [-0.05, 0) is 61.4 Å². The van der Waals surface area contributed by atoms with Crippen LogP contribution in [0.5, 0.6) is 17.2 Å². The normalized spacial score (nSPS) is 25.9. The van der Waals surface area contributed by atoms with Gasteiger partial charge >= 0.3 is 0 Å². The van der Waals surface area contributed by atoms with Crippen LogP contribution in [0, 0.1) is 0 Å². The van der Waals surface area contributed by atoms with E-state index in [4.69, 9.17) is 25.7 Å². The van der Waals surface area contributed by atoms with Gasteiger partial charge in [0, 0.05) is 41.6 Å². The average Bonchev–Trinajstić information content (AvgIpc) is 3.12. The number of nitrogens with zero attached hydrogens (tertiary/aromatic N) is 2. The highest BCUT2D eigenvalue weighted by atomic mass is 16.7. The first-order valence-electron chi connectivity index (χ1n) is 16.4. The van der Waals surface area contributed by atoms with Gasteiger partial charge in [0.15, 0.2) is 11.7 Å². The molecule has 1 aromatic heterocycles. The zero-order valence-corrected chi connectivity index (χ0v) is 28.0. The minimum absolute atomic E-state index is 0.0166. The van der Waals surface area contributed by atoms with Gasteiger partial charge in [-0.3, -0.25) is 14.6 Å². The highest BCUT2D eigenvalue weighted by Crippen LogP contribution is 2.47. The minimum Gasteiger partial charge on any atom is -0.507 e. The molecule has 0 spiro atoms. The first-order chi connectivity index (χ1) is 24.4. The molecule has 2 aliphatic carbocycles. The number of aryl methyl sites for hydroxylation is 2. The second-order valence-electron chi connectivity index (χ2n) is 12.8. The number of aromatic hydroxyl groups is 1. The molecule has 6 rings (SSSR count). The number of carbonyl (C=O) groups is 2. The van der Waals surface area contributed by atoms with Gasteiger partial charge in [-0.1, -0.05) is 0 Å². The lowest BCUT2D eigenvalue weighted by Crippen LogP contribution is -2.68. The number of aromatic nitrogens is 1. The number of nitrogens with one attached hydrogen (secondary N) is 1. The summed E-state index contributed by atoms with van der Waals surface area (Å²) in [6.07, 6.45) is -3.86. The Balaban J connectivity index is 1.39. The molecule has 2 aromatic carbocycles. The smallest absolute Gasteiger partial charge is 0.229 e. The summed E-state index contributed by atoms with van der Waals surface area (Å²) in [7, 11) is 2.78. The molecule has 11 N–H and O–H groups in total. The summed E-state index contributed by atoms with van der Waals surface area (Å²) in [5.41, 5.74) is 10.2. The fourth-order valence-electron chi connectivity index (χ4n) is 7.34. The number of rotatable bonds is 9. The number of guanidine groups is 1. The number of phenols is 1. The Bertz CT molecular complexity index is 1900. The summed E-state index contributed by atoms with van der Waals surface area (Å²) in [5, 5.41) is 69.3. The van der Waals surface area contributed by atoms with Crippen molar-refractivity contribution >= 4 is 23.3 Å². The van der Waals surface area contributed by atoms with Gasteiger partial charge < -0.3 is 61.6 Å². The van der Waals surface area contributed by atoms with Crippen molar-refractivity contribution in [3.63, 3.8) is 0 Å². The summed E-state index contributed by atoms with van der Waals surface area (Å²) >= 11 is 0. The molecule has 16 heteroatoms. The minimum atomic E-state index is -2.16. The van der Waals surface area contributed by atoms with Gasteiger partial charge in [0.25, 0.3) is 0 Å². The van der Waals surface area contributed by atoms with Crippen molar-refractivity contribution in [2.75, 3.05) is 26.5 Å². The molecule has 6 atom stereocenters. The molecule has 1 saturated heterocycles. The number of benzene rings is 2. The molecule has 1 fully saturated rings. The number of anilines is 1. The van der Waals surface area contributed by atoms with Crippen LogP contribution < -0.4 is 26.3 Å². The standard InChI is InChI=1S/C35H41N5O11/c1-38-34(37)40-19-5-3-4-16-11-17-26(29(44)24(16)19)30(45)27-21(12-20(49-2)18(13-41)25(27)28(17)43)50-33-31(46)32(47)35(48,22(14-42)51-33)8-6-15-7-9-39-23(36)10-15/h7,9-12,19,22,31-33,41-42,44,46-48H,3-6,8,13-14H2,1-2H3,(H2,36,39)(H3,37,38,40). The first kappa shape index (κ1) is 36.0. The van der Waals surface area contributed by atoms with Crippen molar-refractivity contribution in [1.82, 2.24) is 10.3 Å². The van der Waals surface area contributed by atoms with E-state index in [-0.39, 0.29) is 63.9 Å². The predicted octanol–water partition coefficient (Wildman–Crippen LogP) is -0.261. The number of aliphatic hydroxyl groups excluding tert-OH is 4. The Kier molecular flexibility index (Phi) is 9.91. The van der Waals surface area contributed by atoms with E-state index in [2.05, 4.69) is 15.3 Å². The monoisotopic (exact) mass is 707 g/mol. The molecular weight excluding hydrogens is 666 g/mol. The second-order valence-corrected chi connectivity index (χ2v) is 12.8. The fraction of sp³-hybridized carbons (Fsp3) is 0.429. The van der Waals surface area contributed by atoms with Gasteiger partial charge in [0.05, 0.1) is 37.5 Å². The molecule has 6 unspecified atom stereocenters. The van der Waals surface area contributed by atoms with Crippen LogP contribution in [0.2, 0.25) is 0 Å². The number of aliphatic hydroxyl groups is 5. The van der Waals surface area contributed by atoms with Crippen molar-refractivity contribution in [3.8, 4) is 17.2 Å². The van der Waals surface area contributed by atoms with Crippen LogP contribution in [0.1, 0.15) is 79.4 Å². The summed E-state index contributed by atoms with van der Waals surface area (Å²) in [6.45, 7) is -1.50. The Morgan fingerprint density at radius 2 is 1.90 bits per heavy atom. The van der Waals surface area contributed by atoms with Crippen LogP contribution in [0.4, 0.5) is 5.82 Å². The largest absolute Gasteiger partial charge is 0.507 e. The van der Waals surface area contributed by atoms with Crippen LogP contribution in [0.25, 0.3) is 0 Å². The van der Waals surface area contributed by atoms with E-state index in [1.165, 1.54) is 26.4 Å². The molecule has 16 nitrogen and oxygen atoms in total. The number of fused-ring (bicyclic) bond motifs is 3. The van der Waals surface area contributed by atoms with Gasteiger partial charge in [-0.25, -0.2) is 4.98 Å². The number of pyridine rings is 1. The molecule has 51 heavy (non-hydrogen) atoms. The lowest BCUT2D eigenvalue weighted by Gasteiger charge is -2.48. The average molecular weight is 708 g/mol. The van der Waals surface area contributed by atoms with E-state index < -0.39 is 66.8 Å². The summed E-state index contributed by atoms with van der Waals surface area (Å²) in [6, 6.07) is 5.50. The summed E-state index contributed by atoms with van der Waals surface area (Å²) in [5.74, 6) is -1.96. The molecular formula is C35H41N5O11. The number of aliphatic imine (C=N–C) groups is 1. The van der Waals surface area contributed by atoms with Crippen molar-refractivity contribution in [1.29, 1.82) is 0 Å². The highest BCUT2D eigenvalue weighted by Gasteiger charge is 2.55. The maximum atomic E-state index is 14.5. The number of nitrogens with two attached hydrogens (primary N) is 2. The number of phenolic OH excluding ortho intramolecular Hbond substituents is 1. The Labute approximate surface area is 292 Å². The number of ketones is 2. The van der Waals surface area contributed by atoms with Gasteiger partial charge in [-0.2, -0.15) is 0 Å². The molecule has 272 valence electrons. The van der Waals surface area contributed by atoms with E-state index in [1.807, 2.05) is 0 Å². The van der Waals surface area contributed by atoms with Crippen LogP contribution >= 0.6 is 0 Å². The van der Waals surface area contributed by atoms with E-state index >= 15 is 0 Å². The second kappa shape index (κ2) is 14.1. The van der Waals surface area contributed by atoms with Gasteiger partial charge in [-0.15, -0.1) is 0 Å². The molecule has 0 radical (unpaired) electrons. The number of ether oxygens (including phenoxy) is 3. The van der Waals surface area contributed by atoms with Crippen LogP contribution in [0.15, 0.2) is 35.5 Å². The first-order valence-corrected chi connectivity index (χ1v) is 16.4. The lowest BCUT2D eigenvalue weighted by molar-refractivity contribution is -0.314. The maximum absolute atomic E-state index is 14.5. The lowest BCUT2D eigenvalue weighted by atomic mass is 9.76. The van der Waals surface area contributed by atoms with Gasteiger partial charge in [0.2, 0.25) is 12.1 Å². The van der Waals surface area contributed by atoms with E-state index in [0.717, 1.165) is 0 Å². The number of methoxy groups -OCH3 is 1. The Morgan fingerprint density at radius 1 is 1.14 bits per heavy atom. The number of nitrogen functional groups attached to an aromatic ring is 1. The predicted molar refractivity (Wildman–Crippen MR) is 181 cm³/mol. The number of hydrogen-bond acceptors (Lipinski definition) is 14. The molecule has 3 aliphatic rings. The van der Waals surface area contributed by atoms with Gasteiger partial charge in [0.1, 0.15) is 47.0 Å². The van der Waals surface area contributed by atoms with Crippen LogP contribution in [-0.2, 0) is 24.2 Å². The summed E-state index contributed by atoms with van der Waals surface area (Å²) in [4.78, 5) is 36.6. The number of carbonyl (C=O) groups excluding carboxylic acids is 2. The zero-order chi connectivity index (χ0) is 36.8. The van der Waals surface area contributed by atoms with E-state index in [9.17, 15) is 40.2 Å². The highest BCUT2D eigenvalue weighted by molar-refractivity contribution is 6.31. The third-order valence-electron chi connectivity index (χ3n) is 9.98. The quantitative estimate of drug-likeness (QED) is 0.0801. The number of hydrogen-bond donors (Lipinski definition) is 9. The van der Waals surface area contributed by atoms with E-state index in [0.29, 0.717) is 36.0 Å². The third-order valence-corrected chi connectivity index (χ3v) is 9.98. The Morgan fingerprint density at radius 3 is 2.57 bits per heavy atom. The fourth-order valence-corrected chi connectivity index (χ4v) is 7.34. The van der Waals surface area contributed by atoms with E-state index in [1.54, 1.807) is 18.2 Å². The maximum Gasteiger partial charge on any atom is 0.229 e. The van der Waals surface area contributed by atoms with Crippen molar-refractivity contribution in [2.45, 2.75) is 75.0 Å². The van der Waals surface area contributed by atoms with Crippen LogP contribution in [-0.4, -0.2) is 104 Å². The Hall–Kier alpha value is -4.84. The van der Waals surface area contributed by atoms with Crippen molar-refractivity contribution in [2.24, 2.45) is 10.7 Å². The molecule has 0 amide bonds. The zero-order valence-electron chi connectivity index (χ0n) is 28.0. The molecule has 1 aliphatic heterocycles. The molecule has 2 heterocycles. The summed E-state index contributed by atoms with van der Waals surface area (Å²) < 4.78 is 17.3.